The maximum Gasteiger partial charge on any atom is 0.337 e. The molecule has 0 amide bonds. The van der Waals surface area contributed by atoms with Crippen LogP contribution in [0, 0.1) is 0 Å². The highest BCUT2D eigenvalue weighted by Gasteiger charge is 2.12. The van der Waals surface area contributed by atoms with Crippen molar-refractivity contribution in [2.24, 2.45) is 0 Å². The molecule has 144 valence electrons. The van der Waals surface area contributed by atoms with Crippen molar-refractivity contribution >= 4 is 5.97 Å². The molecule has 0 aliphatic carbocycles. The van der Waals surface area contributed by atoms with E-state index in [1.807, 2.05) is 26.0 Å². The number of carbonyl (C=O) groups is 1. The van der Waals surface area contributed by atoms with Crippen molar-refractivity contribution < 1.29 is 9.53 Å². The number of methoxy groups -OCH3 is 1. The van der Waals surface area contributed by atoms with E-state index in [4.69, 9.17) is 4.74 Å². The molecule has 0 heterocycles. The third-order valence-electron chi connectivity index (χ3n) is 4.60. The van der Waals surface area contributed by atoms with Gasteiger partial charge in [-0.2, -0.15) is 0 Å². The molecule has 2 nitrogen and oxygen atoms in total. The van der Waals surface area contributed by atoms with E-state index in [2.05, 4.69) is 19.1 Å². The Morgan fingerprint density at radius 3 is 1.88 bits per heavy atom. The second kappa shape index (κ2) is 17.5. The topological polar surface area (TPSA) is 26.3 Å². The number of esters is 1. The Labute approximate surface area is 156 Å². The summed E-state index contributed by atoms with van der Waals surface area (Å²) in [6, 6.07) is 0. The van der Waals surface area contributed by atoms with Gasteiger partial charge < -0.3 is 4.74 Å². The molecule has 0 saturated heterocycles. The minimum Gasteiger partial charge on any atom is -0.465 e. The van der Waals surface area contributed by atoms with Crippen molar-refractivity contribution in [3.8, 4) is 0 Å². The van der Waals surface area contributed by atoms with Gasteiger partial charge in [0.15, 0.2) is 0 Å². The molecular formula is C23H40O2. The Morgan fingerprint density at radius 2 is 1.36 bits per heavy atom. The van der Waals surface area contributed by atoms with Gasteiger partial charge in [-0.1, -0.05) is 69.8 Å². The fourth-order valence-corrected chi connectivity index (χ4v) is 3.01. The molecule has 0 aromatic heterocycles. The average molecular weight is 349 g/mol. The van der Waals surface area contributed by atoms with E-state index in [1.165, 1.54) is 71.3 Å². The van der Waals surface area contributed by atoms with Gasteiger partial charge in [-0.15, -0.1) is 0 Å². The summed E-state index contributed by atoms with van der Waals surface area (Å²) in [5.41, 5.74) is 1.83. The molecule has 0 aliphatic heterocycles. The molecular weight excluding hydrogens is 308 g/mol. The third kappa shape index (κ3) is 12.7. The zero-order valence-corrected chi connectivity index (χ0v) is 17.1. The molecule has 2 heteroatoms. The van der Waals surface area contributed by atoms with E-state index in [-0.39, 0.29) is 5.97 Å². The molecule has 0 aromatic rings. The number of ether oxygens (including phenoxy) is 1. The van der Waals surface area contributed by atoms with Crippen LogP contribution in [0.2, 0.25) is 0 Å². The fraction of sp³-hybridized carbons (Fsp3) is 0.696. The molecule has 0 atom stereocenters. The van der Waals surface area contributed by atoms with E-state index in [0.717, 1.165) is 18.4 Å². The minimum atomic E-state index is -0.225. The largest absolute Gasteiger partial charge is 0.465 e. The van der Waals surface area contributed by atoms with Gasteiger partial charge in [-0.3, -0.25) is 0 Å². The first-order chi connectivity index (χ1) is 12.2. The number of carbonyl (C=O) groups excluding carboxylic acids is 1. The molecule has 0 N–H and O–H groups in total. The highest BCUT2D eigenvalue weighted by molar-refractivity contribution is 5.93. The molecule has 0 radical (unpaired) electrons. The summed E-state index contributed by atoms with van der Waals surface area (Å²) in [7, 11) is 1.44. The Bertz CT molecular complexity index is 416. The maximum absolute atomic E-state index is 11.7. The second-order valence-corrected chi connectivity index (χ2v) is 6.64. The molecule has 25 heavy (non-hydrogen) atoms. The van der Waals surface area contributed by atoms with Crippen molar-refractivity contribution in [1.29, 1.82) is 0 Å². The Kier molecular flexibility index (Phi) is 16.6. The number of rotatable bonds is 15. The van der Waals surface area contributed by atoms with Crippen LogP contribution in [-0.2, 0) is 9.53 Å². The second-order valence-electron chi connectivity index (χ2n) is 6.64. The van der Waals surface area contributed by atoms with Crippen LogP contribution in [0.1, 0.15) is 97.8 Å². The maximum atomic E-state index is 11.7. The molecule has 0 aromatic carbocycles. The lowest BCUT2D eigenvalue weighted by atomic mass is 9.98. The Morgan fingerprint density at radius 1 is 0.800 bits per heavy atom. The predicted octanol–water partition coefficient (Wildman–Crippen LogP) is 7.31. The van der Waals surface area contributed by atoms with Crippen molar-refractivity contribution in [2.45, 2.75) is 97.8 Å². The Hall–Kier alpha value is -1.31. The van der Waals surface area contributed by atoms with Gasteiger partial charge in [-0.25, -0.2) is 4.79 Å². The van der Waals surface area contributed by atoms with Crippen LogP contribution in [0.3, 0.4) is 0 Å². The number of hydrogen-bond acceptors (Lipinski definition) is 2. The summed E-state index contributed by atoms with van der Waals surface area (Å²) in [4.78, 5) is 11.7. The number of unbranched alkanes of at least 4 members (excludes halogenated alkanes) is 9. The predicted molar refractivity (Wildman–Crippen MR) is 110 cm³/mol. The summed E-state index contributed by atoms with van der Waals surface area (Å²) >= 11 is 0. The van der Waals surface area contributed by atoms with Crippen LogP contribution in [0.5, 0.6) is 0 Å². The van der Waals surface area contributed by atoms with Crippen LogP contribution < -0.4 is 0 Å². The summed E-state index contributed by atoms with van der Waals surface area (Å²) in [5.74, 6) is -0.225. The van der Waals surface area contributed by atoms with Crippen LogP contribution >= 0.6 is 0 Å². The first kappa shape index (κ1) is 23.7. The summed E-state index contributed by atoms with van der Waals surface area (Å²) in [6.07, 6.45) is 23.7. The fourth-order valence-electron chi connectivity index (χ4n) is 3.01. The quantitative estimate of drug-likeness (QED) is 0.102. The van der Waals surface area contributed by atoms with Crippen LogP contribution in [0.15, 0.2) is 35.5 Å². The van der Waals surface area contributed by atoms with Crippen LogP contribution in [0.25, 0.3) is 0 Å². The number of hydrogen-bond donors (Lipinski definition) is 0. The van der Waals surface area contributed by atoms with Crippen molar-refractivity contribution in [3.63, 3.8) is 0 Å². The lowest BCUT2D eigenvalue weighted by Gasteiger charge is -2.09. The van der Waals surface area contributed by atoms with E-state index in [0.29, 0.717) is 5.57 Å². The first-order valence-corrected chi connectivity index (χ1v) is 10.3. The summed E-state index contributed by atoms with van der Waals surface area (Å²) in [5, 5.41) is 0. The van der Waals surface area contributed by atoms with Crippen LogP contribution in [-0.4, -0.2) is 13.1 Å². The highest BCUT2D eigenvalue weighted by Crippen LogP contribution is 2.20. The van der Waals surface area contributed by atoms with Crippen molar-refractivity contribution in [2.75, 3.05) is 7.11 Å². The van der Waals surface area contributed by atoms with Gasteiger partial charge in [-0.05, 0) is 57.9 Å². The minimum absolute atomic E-state index is 0.225. The molecule has 0 unspecified atom stereocenters. The zero-order valence-electron chi connectivity index (χ0n) is 17.1. The summed E-state index contributed by atoms with van der Waals surface area (Å²) in [6.45, 7) is 6.15. The average Bonchev–Trinajstić information content (AvgIpc) is 2.64. The first-order valence-electron chi connectivity index (χ1n) is 10.3. The van der Waals surface area contributed by atoms with E-state index in [9.17, 15) is 4.79 Å². The van der Waals surface area contributed by atoms with Gasteiger partial charge in [0, 0.05) is 0 Å². The molecule has 0 fully saturated rings. The molecule has 0 saturated carbocycles. The van der Waals surface area contributed by atoms with Gasteiger partial charge in [0.2, 0.25) is 0 Å². The lowest BCUT2D eigenvalue weighted by molar-refractivity contribution is -0.135. The monoisotopic (exact) mass is 348 g/mol. The standard InChI is InChI=1S/C23H40O2/c1-5-8-9-10-11-12-13-14-15-16-17-18-19-20-21(6-2)22(7-3)23(24)25-4/h6-7,12-13H,5,8-11,14-20H2,1-4H3/b13-12-,21-6-,22-7+. The lowest BCUT2D eigenvalue weighted by Crippen LogP contribution is -2.07. The zero-order chi connectivity index (χ0) is 18.8. The molecule has 0 spiro atoms. The highest BCUT2D eigenvalue weighted by atomic mass is 16.5. The van der Waals surface area contributed by atoms with Crippen molar-refractivity contribution in [3.05, 3.63) is 35.5 Å². The van der Waals surface area contributed by atoms with Gasteiger partial charge in [0.25, 0.3) is 0 Å². The SMILES string of the molecule is C/C=C(CCCCCCC/C=C\CCCCCC)\C(=C/C)C(=O)OC. The van der Waals surface area contributed by atoms with E-state index >= 15 is 0 Å². The molecule has 0 aliphatic rings. The van der Waals surface area contributed by atoms with Gasteiger partial charge in [0.1, 0.15) is 0 Å². The normalized spacial score (nSPS) is 12.8. The van der Waals surface area contributed by atoms with Crippen LogP contribution in [0.4, 0.5) is 0 Å². The molecule has 0 rings (SSSR count). The van der Waals surface area contributed by atoms with E-state index in [1.54, 1.807) is 0 Å². The summed E-state index contributed by atoms with van der Waals surface area (Å²) < 4.78 is 4.85. The molecule has 0 bridgehead atoms. The number of allylic oxidation sites excluding steroid dienone is 4. The van der Waals surface area contributed by atoms with Crippen molar-refractivity contribution in [1.82, 2.24) is 0 Å². The smallest absolute Gasteiger partial charge is 0.337 e. The third-order valence-corrected chi connectivity index (χ3v) is 4.60. The van der Waals surface area contributed by atoms with Gasteiger partial charge >= 0.3 is 5.97 Å². The van der Waals surface area contributed by atoms with Gasteiger partial charge in [0.05, 0.1) is 12.7 Å². The van der Waals surface area contributed by atoms with E-state index < -0.39 is 0 Å². The Balaban J connectivity index is 3.69.